The quantitative estimate of drug-likeness (QED) is 0.876. The maximum Gasteiger partial charge on any atom is 0.175 e. The third-order valence-corrected chi connectivity index (χ3v) is 5.78. The van der Waals surface area contributed by atoms with Crippen LogP contribution in [0.5, 0.6) is 0 Å². The molecule has 0 spiro atoms. The van der Waals surface area contributed by atoms with Crippen LogP contribution in [0.15, 0.2) is 29.2 Å². The van der Waals surface area contributed by atoms with Crippen LogP contribution in [0.25, 0.3) is 0 Å². The fourth-order valence-electron chi connectivity index (χ4n) is 3.18. The molecule has 6 heteroatoms. The highest BCUT2D eigenvalue weighted by molar-refractivity contribution is 7.90. The molecule has 0 amide bonds. The Morgan fingerprint density at radius 1 is 1.30 bits per heavy atom. The molecule has 23 heavy (non-hydrogen) atoms. The van der Waals surface area contributed by atoms with E-state index >= 15 is 0 Å². The van der Waals surface area contributed by atoms with E-state index in [1.807, 2.05) is 0 Å². The van der Waals surface area contributed by atoms with E-state index in [9.17, 15) is 13.5 Å². The van der Waals surface area contributed by atoms with Gasteiger partial charge in [-0.2, -0.15) is 0 Å². The zero-order chi connectivity index (χ0) is 17.3. The molecule has 0 radical (unpaired) electrons. The predicted molar refractivity (Wildman–Crippen MR) is 92.3 cm³/mol. The van der Waals surface area contributed by atoms with Crippen LogP contribution in [-0.4, -0.2) is 69.4 Å². The molecule has 1 aromatic carbocycles. The zero-order valence-electron chi connectivity index (χ0n) is 14.5. The van der Waals surface area contributed by atoms with Gasteiger partial charge >= 0.3 is 0 Å². The molecule has 1 N–H and O–H groups in total. The van der Waals surface area contributed by atoms with Crippen molar-refractivity contribution in [3.8, 4) is 0 Å². The van der Waals surface area contributed by atoms with Crippen molar-refractivity contribution in [2.75, 3.05) is 40.0 Å². The molecule has 2 atom stereocenters. The maximum atomic E-state index is 11.5. The number of likely N-dealkylation sites (N-methyl/N-ethyl adjacent to an activating group) is 1. The smallest absolute Gasteiger partial charge is 0.175 e. The van der Waals surface area contributed by atoms with Crippen molar-refractivity contribution in [2.24, 2.45) is 0 Å². The Kier molecular flexibility index (Phi) is 5.51. The van der Waals surface area contributed by atoms with Crippen LogP contribution in [-0.2, 0) is 15.4 Å². The molecule has 2 rings (SSSR count). The summed E-state index contributed by atoms with van der Waals surface area (Å²) in [5.74, 6) is 0. The van der Waals surface area contributed by atoms with E-state index in [1.54, 1.807) is 31.2 Å². The average Bonchev–Trinajstić information content (AvgIpc) is 2.46. The topological polar surface area (TPSA) is 60.9 Å². The summed E-state index contributed by atoms with van der Waals surface area (Å²) >= 11 is 0. The van der Waals surface area contributed by atoms with Crippen LogP contribution in [0.3, 0.4) is 0 Å². The molecule has 0 bridgehead atoms. The van der Waals surface area contributed by atoms with Gasteiger partial charge in [0.25, 0.3) is 0 Å². The summed E-state index contributed by atoms with van der Waals surface area (Å²) in [4.78, 5) is 4.81. The van der Waals surface area contributed by atoms with E-state index in [0.717, 1.165) is 25.1 Å². The lowest BCUT2D eigenvalue weighted by Crippen LogP contribution is -2.49. The number of sulfone groups is 1. The van der Waals surface area contributed by atoms with Gasteiger partial charge in [-0.15, -0.1) is 0 Å². The van der Waals surface area contributed by atoms with Gasteiger partial charge in [-0.05, 0) is 58.1 Å². The Morgan fingerprint density at radius 3 is 2.43 bits per heavy atom. The number of rotatable bonds is 5. The van der Waals surface area contributed by atoms with Gasteiger partial charge in [0.15, 0.2) is 9.84 Å². The fourth-order valence-corrected chi connectivity index (χ4v) is 3.81. The third kappa shape index (κ3) is 4.76. The molecule has 5 nitrogen and oxygen atoms in total. The predicted octanol–water partition coefficient (Wildman–Crippen LogP) is 1.32. The van der Waals surface area contributed by atoms with Crippen molar-refractivity contribution < 1.29 is 13.5 Å². The van der Waals surface area contributed by atoms with Crippen molar-refractivity contribution in [1.29, 1.82) is 0 Å². The maximum absolute atomic E-state index is 11.5. The summed E-state index contributed by atoms with van der Waals surface area (Å²) in [6, 6.07) is 7.08. The Hall–Kier alpha value is -0.950. The number of hydrogen-bond acceptors (Lipinski definition) is 5. The van der Waals surface area contributed by atoms with Crippen LogP contribution < -0.4 is 0 Å². The average molecular weight is 340 g/mol. The minimum Gasteiger partial charge on any atom is -0.384 e. The number of benzene rings is 1. The molecular weight excluding hydrogens is 312 g/mol. The second-order valence-corrected chi connectivity index (χ2v) is 9.08. The van der Waals surface area contributed by atoms with E-state index in [4.69, 9.17) is 0 Å². The van der Waals surface area contributed by atoms with Gasteiger partial charge in [0.2, 0.25) is 0 Å². The number of piperidine rings is 1. The monoisotopic (exact) mass is 340 g/mol. The highest BCUT2D eigenvalue weighted by Crippen LogP contribution is 2.25. The summed E-state index contributed by atoms with van der Waals surface area (Å²) in [5, 5.41) is 10.9. The summed E-state index contributed by atoms with van der Waals surface area (Å²) in [6.07, 6.45) is 3.51. The largest absolute Gasteiger partial charge is 0.384 e. The summed E-state index contributed by atoms with van der Waals surface area (Å²) < 4.78 is 23.1. The van der Waals surface area contributed by atoms with Crippen LogP contribution >= 0.6 is 0 Å². The molecule has 1 saturated heterocycles. The molecule has 0 aromatic heterocycles. The van der Waals surface area contributed by atoms with Gasteiger partial charge in [0, 0.05) is 25.4 Å². The van der Waals surface area contributed by atoms with Crippen LogP contribution in [0, 0.1) is 0 Å². The molecule has 1 aliphatic rings. The number of aliphatic hydroxyl groups is 1. The third-order valence-electron chi connectivity index (χ3n) is 4.65. The summed E-state index contributed by atoms with van der Waals surface area (Å²) in [7, 11) is 0.980. The van der Waals surface area contributed by atoms with E-state index in [2.05, 4.69) is 23.9 Å². The zero-order valence-corrected chi connectivity index (χ0v) is 15.3. The minimum absolute atomic E-state index is 0.280. The molecule has 0 unspecified atom stereocenters. The molecule has 1 aliphatic heterocycles. The van der Waals surface area contributed by atoms with Crippen LogP contribution in [0.1, 0.15) is 25.3 Å². The normalized spacial score (nSPS) is 23.0. The van der Waals surface area contributed by atoms with Crippen molar-refractivity contribution >= 4 is 9.84 Å². The Labute approximate surface area is 139 Å². The number of hydrogen-bond donors (Lipinski definition) is 1. The summed E-state index contributed by atoms with van der Waals surface area (Å²) in [6.45, 7) is 4.28. The van der Waals surface area contributed by atoms with Gasteiger partial charge < -0.3 is 10.0 Å². The van der Waals surface area contributed by atoms with Crippen LogP contribution in [0.4, 0.5) is 0 Å². The lowest BCUT2D eigenvalue weighted by Gasteiger charge is -2.39. The van der Waals surface area contributed by atoms with Crippen molar-refractivity contribution in [2.45, 2.75) is 36.3 Å². The molecule has 1 heterocycles. The highest BCUT2D eigenvalue weighted by atomic mass is 32.2. The fraction of sp³-hybridized carbons (Fsp3) is 0.647. The van der Waals surface area contributed by atoms with Gasteiger partial charge in [-0.3, -0.25) is 4.90 Å². The molecule has 1 fully saturated rings. The second kappa shape index (κ2) is 6.89. The van der Waals surface area contributed by atoms with E-state index in [0.29, 0.717) is 12.6 Å². The SMILES string of the molecule is CN(C)[C@@H]1CCCN(C[C@](C)(O)c2ccc(S(C)(=O)=O)cc2)C1. The number of nitrogens with zero attached hydrogens (tertiary/aromatic N) is 2. The first-order valence-corrected chi connectivity index (χ1v) is 9.90. The van der Waals surface area contributed by atoms with Crippen molar-refractivity contribution in [3.63, 3.8) is 0 Å². The molecule has 0 saturated carbocycles. The lowest BCUT2D eigenvalue weighted by molar-refractivity contribution is -0.000181. The minimum atomic E-state index is -3.21. The molecule has 130 valence electrons. The first-order valence-electron chi connectivity index (χ1n) is 8.01. The Balaban J connectivity index is 2.09. The van der Waals surface area contributed by atoms with Crippen LogP contribution in [0.2, 0.25) is 0 Å². The first kappa shape index (κ1) is 18.4. The Bertz CT molecular complexity index is 624. The van der Waals surface area contributed by atoms with E-state index in [-0.39, 0.29) is 4.90 Å². The van der Waals surface area contributed by atoms with Gasteiger partial charge in [-0.1, -0.05) is 12.1 Å². The molecular formula is C17H28N2O3S. The molecule has 1 aromatic rings. The standard InChI is InChI=1S/C17H28N2O3S/c1-17(20,13-19-11-5-6-15(12-19)18(2)3)14-7-9-16(10-8-14)23(4,21)22/h7-10,15,20H,5-6,11-13H2,1-4H3/t15-,17+/m1/s1. The van der Waals surface area contributed by atoms with E-state index in [1.165, 1.54) is 12.7 Å². The number of β-amino-alcohol motifs (C(OH)–C–C–N with tert-alkyl or cyclic N) is 1. The Morgan fingerprint density at radius 2 is 1.91 bits per heavy atom. The van der Waals surface area contributed by atoms with Crippen molar-refractivity contribution in [3.05, 3.63) is 29.8 Å². The number of likely N-dealkylation sites (tertiary alicyclic amines) is 1. The van der Waals surface area contributed by atoms with Gasteiger partial charge in [0.1, 0.15) is 0 Å². The van der Waals surface area contributed by atoms with Crippen molar-refractivity contribution in [1.82, 2.24) is 9.80 Å². The molecule has 0 aliphatic carbocycles. The van der Waals surface area contributed by atoms with E-state index < -0.39 is 15.4 Å². The summed E-state index contributed by atoms with van der Waals surface area (Å²) in [5.41, 5.74) is -0.249. The first-order chi connectivity index (χ1) is 10.6. The second-order valence-electron chi connectivity index (χ2n) is 7.07. The highest BCUT2D eigenvalue weighted by Gasteiger charge is 2.30. The van der Waals surface area contributed by atoms with Gasteiger partial charge in [0.05, 0.1) is 10.5 Å². The van der Waals surface area contributed by atoms with Gasteiger partial charge in [-0.25, -0.2) is 8.42 Å². The lowest BCUT2D eigenvalue weighted by atomic mass is 9.94.